The van der Waals surface area contributed by atoms with Gasteiger partial charge in [0.1, 0.15) is 12.3 Å². The van der Waals surface area contributed by atoms with Gasteiger partial charge < -0.3 is 19.5 Å². The van der Waals surface area contributed by atoms with E-state index in [4.69, 9.17) is 14.2 Å². The van der Waals surface area contributed by atoms with Crippen molar-refractivity contribution in [1.82, 2.24) is 5.32 Å². The maximum Gasteiger partial charge on any atom is 0.294 e. The Morgan fingerprint density at radius 1 is 1.23 bits per heavy atom. The third kappa shape index (κ3) is 4.46. The van der Waals surface area contributed by atoms with Gasteiger partial charge in [-0.1, -0.05) is 24.3 Å². The molecule has 156 valence electrons. The second-order valence-corrected chi connectivity index (χ2v) is 7.18. The molecule has 0 aromatic heterocycles. The number of hydrogen-bond acceptors (Lipinski definition) is 5. The molecule has 0 aliphatic carbocycles. The van der Waals surface area contributed by atoms with Gasteiger partial charge in [-0.05, 0) is 48.7 Å². The van der Waals surface area contributed by atoms with Crippen molar-refractivity contribution in [1.29, 1.82) is 0 Å². The fourth-order valence-electron chi connectivity index (χ4n) is 3.50. The molecule has 0 saturated carbocycles. The van der Waals surface area contributed by atoms with Crippen molar-refractivity contribution < 1.29 is 23.8 Å². The molecule has 7 heteroatoms. The average molecular weight is 408 g/mol. The van der Waals surface area contributed by atoms with Crippen LogP contribution < -0.4 is 19.7 Å². The van der Waals surface area contributed by atoms with Crippen LogP contribution in [0.15, 0.2) is 54.3 Å². The summed E-state index contributed by atoms with van der Waals surface area (Å²) in [5, 5.41) is 2.87. The molecule has 2 heterocycles. The van der Waals surface area contributed by atoms with Gasteiger partial charge in [0.15, 0.2) is 11.5 Å². The number of amides is 2. The third-order valence-corrected chi connectivity index (χ3v) is 5.10. The van der Waals surface area contributed by atoms with Crippen molar-refractivity contribution in [2.45, 2.75) is 18.9 Å². The topological polar surface area (TPSA) is 77.1 Å². The van der Waals surface area contributed by atoms with Gasteiger partial charge in [0.05, 0.1) is 18.9 Å². The lowest BCUT2D eigenvalue weighted by atomic mass is 10.1. The maximum absolute atomic E-state index is 13.1. The van der Waals surface area contributed by atoms with Gasteiger partial charge in [-0.3, -0.25) is 14.5 Å². The molecule has 7 nitrogen and oxygen atoms in total. The summed E-state index contributed by atoms with van der Waals surface area (Å²) in [7, 11) is 1.60. The van der Waals surface area contributed by atoms with Crippen molar-refractivity contribution >= 4 is 23.6 Å². The lowest BCUT2D eigenvalue weighted by molar-refractivity contribution is -0.123. The fourth-order valence-corrected chi connectivity index (χ4v) is 3.50. The number of hydrogen-bond donors (Lipinski definition) is 1. The number of methoxy groups -OCH3 is 1. The summed E-state index contributed by atoms with van der Waals surface area (Å²) in [4.78, 5) is 27.1. The summed E-state index contributed by atoms with van der Waals surface area (Å²) in [5.41, 5.74) is 1.36. The monoisotopic (exact) mass is 408 g/mol. The average Bonchev–Trinajstić information content (AvgIpc) is 3.29. The number of nitrogens with zero attached hydrogens (tertiary/aromatic N) is 1. The van der Waals surface area contributed by atoms with Gasteiger partial charge in [0.2, 0.25) is 5.91 Å². The van der Waals surface area contributed by atoms with Gasteiger partial charge in [0.25, 0.3) is 5.91 Å². The van der Waals surface area contributed by atoms with Crippen molar-refractivity contribution in [3.05, 3.63) is 59.9 Å². The van der Waals surface area contributed by atoms with Crippen molar-refractivity contribution in [2.75, 3.05) is 31.7 Å². The van der Waals surface area contributed by atoms with E-state index in [9.17, 15) is 9.59 Å². The summed E-state index contributed by atoms with van der Waals surface area (Å²) >= 11 is 0. The molecule has 0 radical (unpaired) electrons. The summed E-state index contributed by atoms with van der Waals surface area (Å²) in [6.07, 6.45) is 3.66. The van der Waals surface area contributed by atoms with Crippen LogP contribution in [0.1, 0.15) is 18.4 Å². The summed E-state index contributed by atoms with van der Waals surface area (Å²) in [6.45, 7) is 1.09. The first-order valence-electron chi connectivity index (χ1n) is 9.97. The molecular weight excluding hydrogens is 384 g/mol. The number of anilines is 1. The molecule has 4 rings (SSSR count). The largest absolute Gasteiger partial charge is 0.497 e. The molecule has 1 saturated heterocycles. The van der Waals surface area contributed by atoms with Gasteiger partial charge in [-0.15, -0.1) is 0 Å². The zero-order valence-corrected chi connectivity index (χ0v) is 16.8. The first-order valence-corrected chi connectivity index (χ1v) is 9.97. The Hall–Kier alpha value is -3.32. The van der Waals surface area contributed by atoms with Crippen LogP contribution in [-0.2, 0) is 14.3 Å². The van der Waals surface area contributed by atoms with E-state index in [1.54, 1.807) is 25.3 Å². The van der Waals surface area contributed by atoms with Gasteiger partial charge in [-0.2, -0.15) is 0 Å². The van der Waals surface area contributed by atoms with Crippen LogP contribution in [0.2, 0.25) is 0 Å². The smallest absolute Gasteiger partial charge is 0.294 e. The minimum Gasteiger partial charge on any atom is -0.497 e. The first-order chi connectivity index (χ1) is 14.6. The Morgan fingerprint density at radius 2 is 2.03 bits per heavy atom. The Bertz CT molecular complexity index is 948. The van der Waals surface area contributed by atoms with Crippen LogP contribution >= 0.6 is 0 Å². The van der Waals surface area contributed by atoms with Crippen molar-refractivity contribution in [3.63, 3.8) is 0 Å². The summed E-state index contributed by atoms with van der Waals surface area (Å²) in [6, 6.07) is 14.5. The molecule has 0 bridgehead atoms. The summed E-state index contributed by atoms with van der Waals surface area (Å²) < 4.78 is 16.5. The molecule has 2 aliphatic heterocycles. The normalized spacial score (nSPS) is 19.4. The number of nitrogens with one attached hydrogen (secondary N) is 1. The highest BCUT2D eigenvalue weighted by Gasteiger charge is 2.31. The molecule has 1 atom stereocenters. The zero-order chi connectivity index (χ0) is 20.9. The van der Waals surface area contributed by atoms with Crippen LogP contribution in [0.3, 0.4) is 0 Å². The Balaban J connectivity index is 1.53. The van der Waals surface area contributed by atoms with Crippen molar-refractivity contribution in [2.24, 2.45) is 0 Å². The molecule has 1 unspecified atom stereocenters. The zero-order valence-electron chi connectivity index (χ0n) is 16.8. The lowest BCUT2D eigenvalue weighted by Crippen LogP contribution is -2.45. The first kappa shape index (κ1) is 20.0. The molecule has 0 spiro atoms. The Labute approximate surface area is 175 Å². The molecule has 30 heavy (non-hydrogen) atoms. The van der Waals surface area contributed by atoms with E-state index >= 15 is 0 Å². The second-order valence-electron chi connectivity index (χ2n) is 7.18. The third-order valence-electron chi connectivity index (χ3n) is 5.10. The van der Waals surface area contributed by atoms with Crippen LogP contribution in [0.25, 0.3) is 6.08 Å². The highest BCUT2D eigenvalue weighted by atomic mass is 16.5. The molecule has 1 N–H and O–H groups in total. The van der Waals surface area contributed by atoms with E-state index < -0.39 is 0 Å². The predicted molar refractivity (Wildman–Crippen MR) is 112 cm³/mol. The molecule has 2 aliphatic rings. The molecule has 1 fully saturated rings. The van der Waals surface area contributed by atoms with E-state index in [0.29, 0.717) is 18.0 Å². The molecular formula is C23H24N2O5. The van der Waals surface area contributed by atoms with E-state index in [1.165, 1.54) is 4.90 Å². The minimum atomic E-state index is -0.364. The standard InChI is InChI=1S/C23H24N2O5/c1-28-17-10-8-16(9-11-17)13-21-23(27)25(19-6-2-3-7-20(19)30-21)15-22(26)24-14-18-5-4-12-29-18/h2-3,6-11,13,18H,4-5,12,14-15H2,1H3,(H,24,26). The van der Waals surface area contributed by atoms with Crippen LogP contribution in [-0.4, -0.2) is 44.7 Å². The minimum absolute atomic E-state index is 0.0483. The number of para-hydroxylation sites is 2. The van der Waals surface area contributed by atoms with E-state index in [1.807, 2.05) is 36.4 Å². The number of fused-ring (bicyclic) bond motifs is 1. The van der Waals surface area contributed by atoms with Gasteiger partial charge in [-0.25, -0.2) is 0 Å². The number of rotatable bonds is 6. The second kappa shape index (κ2) is 9.00. The number of carbonyl (C=O) groups excluding carboxylic acids is 2. The Kier molecular flexibility index (Phi) is 5.99. The predicted octanol–water partition coefficient (Wildman–Crippen LogP) is 2.76. The van der Waals surface area contributed by atoms with E-state index in [0.717, 1.165) is 30.8 Å². The maximum atomic E-state index is 13.1. The number of carbonyl (C=O) groups is 2. The van der Waals surface area contributed by atoms with Gasteiger partial charge in [0, 0.05) is 13.2 Å². The van der Waals surface area contributed by atoms with Crippen LogP contribution in [0.5, 0.6) is 11.5 Å². The number of ether oxygens (including phenoxy) is 3. The highest BCUT2D eigenvalue weighted by Crippen LogP contribution is 2.35. The number of benzene rings is 2. The summed E-state index contributed by atoms with van der Waals surface area (Å²) in [5.74, 6) is 0.814. The fraction of sp³-hybridized carbons (Fsp3) is 0.304. The van der Waals surface area contributed by atoms with Crippen LogP contribution in [0.4, 0.5) is 5.69 Å². The highest BCUT2D eigenvalue weighted by molar-refractivity contribution is 6.12. The quantitative estimate of drug-likeness (QED) is 0.744. The van der Waals surface area contributed by atoms with Crippen molar-refractivity contribution in [3.8, 4) is 11.5 Å². The van der Waals surface area contributed by atoms with E-state index in [2.05, 4.69) is 5.32 Å². The molecule has 2 aromatic carbocycles. The van der Waals surface area contributed by atoms with Gasteiger partial charge >= 0.3 is 0 Å². The Morgan fingerprint density at radius 3 is 2.77 bits per heavy atom. The SMILES string of the molecule is COc1ccc(C=C2Oc3ccccc3N(CC(=O)NCC3CCCO3)C2=O)cc1. The lowest BCUT2D eigenvalue weighted by Gasteiger charge is -2.30. The molecule has 2 aromatic rings. The van der Waals surface area contributed by atoms with E-state index in [-0.39, 0.29) is 30.2 Å². The molecule has 2 amide bonds. The van der Waals surface area contributed by atoms with Crippen LogP contribution in [0, 0.1) is 0 Å².